The molecule has 10 nitrogen and oxygen atoms in total. The van der Waals surface area contributed by atoms with Crippen LogP contribution in [0.25, 0.3) is 0 Å². The number of benzene rings is 2. The van der Waals surface area contributed by atoms with Gasteiger partial charge in [0.15, 0.2) is 0 Å². The molecule has 1 fully saturated rings. The lowest BCUT2D eigenvalue weighted by molar-refractivity contribution is -0.140. The van der Waals surface area contributed by atoms with E-state index in [0.717, 1.165) is 0 Å². The zero-order valence-corrected chi connectivity index (χ0v) is 19.5. The lowest BCUT2D eigenvalue weighted by Crippen LogP contribution is -2.51. The van der Waals surface area contributed by atoms with Crippen LogP contribution in [0.2, 0.25) is 0 Å². The molecule has 0 radical (unpaired) electrons. The first-order valence-electron chi connectivity index (χ1n) is 11.0. The Balaban J connectivity index is 1.59. The van der Waals surface area contributed by atoms with Gasteiger partial charge in [0.05, 0.1) is 20.2 Å². The Morgan fingerprint density at radius 1 is 1.00 bits per heavy atom. The summed E-state index contributed by atoms with van der Waals surface area (Å²) in [7, 11) is 1.56. The van der Waals surface area contributed by atoms with Gasteiger partial charge < -0.3 is 15.4 Å². The van der Waals surface area contributed by atoms with E-state index >= 15 is 0 Å². The second-order valence-electron chi connectivity index (χ2n) is 7.81. The third-order valence-corrected chi connectivity index (χ3v) is 5.68. The summed E-state index contributed by atoms with van der Waals surface area (Å²) in [6.45, 7) is 3.79. The number of hydrogen-bond acceptors (Lipinski definition) is 6. The van der Waals surface area contributed by atoms with Crippen LogP contribution in [0, 0.1) is 0 Å². The van der Waals surface area contributed by atoms with Crippen molar-refractivity contribution in [2.24, 2.45) is 0 Å². The summed E-state index contributed by atoms with van der Waals surface area (Å²) >= 11 is 0. The number of methoxy groups -OCH3 is 1. The molecule has 3 rings (SSSR count). The Kier molecular flexibility index (Phi) is 7.85. The number of anilines is 1. The van der Waals surface area contributed by atoms with E-state index < -0.39 is 23.4 Å². The number of nitrogens with one attached hydrogen (secondary N) is 3. The van der Waals surface area contributed by atoms with E-state index in [1.165, 1.54) is 0 Å². The zero-order valence-electron chi connectivity index (χ0n) is 19.5. The van der Waals surface area contributed by atoms with E-state index in [-0.39, 0.29) is 19.0 Å². The maximum absolute atomic E-state index is 13.1. The molecule has 0 saturated carbocycles. The molecule has 180 valence electrons. The van der Waals surface area contributed by atoms with Crippen LogP contribution in [-0.2, 0) is 19.9 Å². The quantitative estimate of drug-likeness (QED) is 0.459. The molecule has 1 unspecified atom stereocenters. The Morgan fingerprint density at radius 2 is 1.65 bits per heavy atom. The number of carbonyl (C=O) groups is 4. The highest BCUT2D eigenvalue weighted by Crippen LogP contribution is 2.31. The molecule has 3 N–H and O–H groups in total. The Labute approximate surface area is 198 Å². The number of ether oxygens (including phenoxy) is 1. The molecule has 1 aliphatic heterocycles. The van der Waals surface area contributed by atoms with Crippen molar-refractivity contribution in [1.82, 2.24) is 20.7 Å². The largest absolute Gasteiger partial charge is 0.497 e. The summed E-state index contributed by atoms with van der Waals surface area (Å²) in [6.07, 6.45) is 0.320. The summed E-state index contributed by atoms with van der Waals surface area (Å²) in [5, 5.41) is 6.18. The molecular weight excluding hydrogens is 438 g/mol. The van der Waals surface area contributed by atoms with Gasteiger partial charge in [0.25, 0.3) is 11.8 Å². The molecule has 0 aromatic heterocycles. The van der Waals surface area contributed by atoms with Crippen molar-refractivity contribution in [1.29, 1.82) is 0 Å². The second-order valence-corrected chi connectivity index (χ2v) is 7.81. The Bertz CT molecular complexity index is 1040. The summed E-state index contributed by atoms with van der Waals surface area (Å²) < 4.78 is 5.09. The Hall–Kier alpha value is -3.92. The smallest absolute Gasteiger partial charge is 0.344 e. The van der Waals surface area contributed by atoms with Crippen LogP contribution in [0.5, 0.6) is 5.75 Å². The number of carbonyl (C=O) groups excluding carboxylic acids is 4. The van der Waals surface area contributed by atoms with Gasteiger partial charge in [-0.25, -0.2) is 4.79 Å². The number of amides is 5. The third-order valence-electron chi connectivity index (χ3n) is 5.68. The average molecular weight is 468 g/mol. The van der Waals surface area contributed by atoms with E-state index in [1.807, 2.05) is 6.07 Å². The average Bonchev–Trinajstić information content (AvgIpc) is 3.09. The van der Waals surface area contributed by atoms with Gasteiger partial charge in [0.1, 0.15) is 11.3 Å². The van der Waals surface area contributed by atoms with E-state index in [1.54, 1.807) is 74.4 Å². The van der Waals surface area contributed by atoms with Crippen LogP contribution in [0.3, 0.4) is 0 Å². The molecule has 1 saturated heterocycles. The topological polar surface area (TPSA) is 120 Å². The van der Waals surface area contributed by atoms with Gasteiger partial charge in [-0.15, -0.1) is 0 Å². The maximum Gasteiger partial charge on any atom is 0.344 e. The van der Waals surface area contributed by atoms with Crippen molar-refractivity contribution in [2.75, 3.05) is 32.1 Å². The van der Waals surface area contributed by atoms with Gasteiger partial charge >= 0.3 is 6.03 Å². The summed E-state index contributed by atoms with van der Waals surface area (Å²) in [6, 6.07) is 15.1. The van der Waals surface area contributed by atoms with Gasteiger partial charge in [-0.2, -0.15) is 5.01 Å². The van der Waals surface area contributed by atoms with Gasteiger partial charge in [0.2, 0.25) is 5.91 Å². The molecule has 34 heavy (non-hydrogen) atoms. The zero-order chi connectivity index (χ0) is 24.7. The van der Waals surface area contributed by atoms with Gasteiger partial charge in [0, 0.05) is 5.69 Å². The van der Waals surface area contributed by atoms with E-state index in [4.69, 9.17) is 4.74 Å². The van der Waals surface area contributed by atoms with Crippen LogP contribution in [-0.4, -0.2) is 60.4 Å². The summed E-state index contributed by atoms with van der Waals surface area (Å²) in [5.41, 5.74) is 2.38. The number of likely N-dealkylation sites (N-methyl/N-ethyl adjacent to an activating group) is 1. The van der Waals surface area contributed by atoms with E-state index in [9.17, 15) is 19.2 Å². The lowest BCUT2D eigenvalue weighted by atomic mass is 9.87. The highest BCUT2D eigenvalue weighted by molar-refractivity contribution is 6.08. The molecule has 2 aromatic rings. The number of hydrogen-bond donors (Lipinski definition) is 3. The fraction of sp³-hybridized carbons (Fsp3) is 0.333. The molecule has 1 atom stereocenters. The van der Waals surface area contributed by atoms with E-state index in [0.29, 0.717) is 35.0 Å². The van der Waals surface area contributed by atoms with Gasteiger partial charge in [-0.3, -0.25) is 24.7 Å². The number of urea groups is 1. The standard InChI is InChI=1S/C24H29N5O5/c1-4-24(17-9-7-6-8-10-17)22(32)29(23(33)26-24)27-21(31)16-28(5-2)15-20(30)25-18-11-13-19(34-3)14-12-18/h6-14H,4-5,15-16H2,1-3H3,(H,25,30)(H,26,33)(H,27,31). The highest BCUT2D eigenvalue weighted by Gasteiger charge is 2.52. The van der Waals surface area contributed by atoms with Crippen molar-refractivity contribution in [3.8, 4) is 5.75 Å². The Morgan fingerprint density at radius 3 is 2.24 bits per heavy atom. The predicted octanol–water partition coefficient (Wildman–Crippen LogP) is 1.84. The number of imide groups is 1. The van der Waals surface area contributed by atoms with E-state index in [2.05, 4.69) is 16.1 Å². The number of nitrogens with zero attached hydrogens (tertiary/aromatic N) is 2. The lowest BCUT2D eigenvalue weighted by Gasteiger charge is -2.26. The SMILES string of the molecule is CCN(CC(=O)Nc1ccc(OC)cc1)CC(=O)NN1C(=O)NC(CC)(c2ccccc2)C1=O. The molecule has 2 aromatic carbocycles. The molecule has 5 amide bonds. The van der Waals surface area contributed by atoms with Crippen LogP contribution < -0.4 is 20.8 Å². The first-order chi connectivity index (χ1) is 16.3. The monoisotopic (exact) mass is 467 g/mol. The van der Waals surface area contributed by atoms with Crippen molar-refractivity contribution in [3.63, 3.8) is 0 Å². The van der Waals surface area contributed by atoms with Crippen LogP contribution in [0.15, 0.2) is 54.6 Å². The first kappa shape index (κ1) is 24.7. The van der Waals surface area contributed by atoms with Crippen molar-refractivity contribution >= 4 is 29.4 Å². The van der Waals surface area contributed by atoms with Crippen LogP contribution >= 0.6 is 0 Å². The number of rotatable bonds is 10. The van der Waals surface area contributed by atoms with Crippen LogP contribution in [0.1, 0.15) is 25.8 Å². The second kappa shape index (κ2) is 10.8. The molecule has 0 spiro atoms. The summed E-state index contributed by atoms with van der Waals surface area (Å²) in [5.74, 6) is -0.768. The molecule has 10 heteroatoms. The number of hydrazine groups is 1. The van der Waals surface area contributed by atoms with Gasteiger partial charge in [-0.05, 0) is 42.8 Å². The van der Waals surface area contributed by atoms with Gasteiger partial charge in [-0.1, -0.05) is 44.2 Å². The summed E-state index contributed by atoms with van der Waals surface area (Å²) in [4.78, 5) is 52.3. The molecule has 1 aliphatic rings. The molecule has 0 aliphatic carbocycles. The minimum Gasteiger partial charge on any atom is -0.497 e. The molecule has 0 bridgehead atoms. The third kappa shape index (κ3) is 5.34. The first-order valence-corrected chi connectivity index (χ1v) is 11.0. The normalized spacial score (nSPS) is 17.5. The van der Waals surface area contributed by atoms with Crippen molar-refractivity contribution in [3.05, 3.63) is 60.2 Å². The highest BCUT2D eigenvalue weighted by atomic mass is 16.5. The van der Waals surface area contributed by atoms with Crippen molar-refractivity contribution < 1.29 is 23.9 Å². The fourth-order valence-electron chi connectivity index (χ4n) is 3.76. The predicted molar refractivity (Wildman–Crippen MR) is 126 cm³/mol. The molecule has 1 heterocycles. The minimum atomic E-state index is -1.24. The fourth-order valence-corrected chi connectivity index (χ4v) is 3.76. The van der Waals surface area contributed by atoms with Crippen LogP contribution in [0.4, 0.5) is 10.5 Å². The van der Waals surface area contributed by atoms with Crippen molar-refractivity contribution in [2.45, 2.75) is 25.8 Å². The maximum atomic E-state index is 13.1. The minimum absolute atomic E-state index is 0.0427. The molecular formula is C24H29N5O5.